The minimum Gasteiger partial charge on any atom is -0.355 e. The normalized spacial score (nSPS) is 11.2. The van der Waals surface area contributed by atoms with E-state index in [2.05, 4.69) is 47.0 Å². The van der Waals surface area contributed by atoms with E-state index >= 15 is 0 Å². The van der Waals surface area contributed by atoms with E-state index < -0.39 is 23.7 Å². The van der Waals surface area contributed by atoms with Crippen molar-refractivity contribution in [3.63, 3.8) is 0 Å². The molecule has 4 rings (SSSR count). The highest BCUT2D eigenvalue weighted by molar-refractivity contribution is 9.10. The topological polar surface area (TPSA) is 143 Å². The SMILES string of the molecule is CNC(=O)c1cc(C#N)cc(C)c1NC(=O)c1cc(Cn2cc(C(F)(F)F)nn2)nn1-c1ncccc1Br. The molecule has 0 atom stereocenters. The molecule has 2 N–H and O–H groups in total. The number of carbonyl (C=O) groups excluding carboxylic acids is 2. The molecule has 2 amide bonds. The van der Waals surface area contributed by atoms with Gasteiger partial charge in [-0.1, -0.05) is 5.21 Å². The summed E-state index contributed by atoms with van der Waals surface area (Å²) >= 11 is 3.36. The molecule has 0 saturated heterocycles. The van der Waals surface area contributed by atoms with E-state index in [1.54, 1.807) is 19.1 Å². The smallest absolute Gasteiger partial charge is 0.355 e. The van der Waals surface area contributed by atoms with E-state index in [0.29, 0.717) is 10.0 Å². The van der Waals surface area contributed by atoms with Crippen LogP contribution in [0.3, 0.4) is 0 Å². The Bertz CT molecular complexity index is 1590. The molecule has 0 spiro atoms. The summed E-state index contributed by atoms with van der Waals surface area (Å²) in [5.74, 6) is -0.968. The first-order valence-corrected chi connectivity index (χ1v) is 11.6. The fourth-order valence-electron chi connectivity index (χ4n) is 3.54. The number of amides is 2. The summed E-state index contributed by atoms with van der Waals surface area (Å²) < 4.78 is 41.5. The predicted molar refractivity (Wildman–Crippen MR) is 130 cm³/mol. The number of carbonyl (C=O) groups is 2. The number of aromatic nitrogens is 6. The minimum absolute atomic E-state index is 0.0258. The highest BCUT2D eigenvalue weighted by Crippen LogP contribution is 2.28. The number of nitrogens with zero attached hydrogens (tertiary/aromatic N) is 7. The average molecular weight is 588 g/mol. The molecular weight excluding hydrogens is 571 g/mol. The maximum absolute atomic E-state index is 13.5. The molecule has 194 valence electrons. The van der Waals surface area contributed by atoms with Crippen LogP contribution in [0.1, 0.15) is 43.4 Å². The summed E-state index contributed by atoms with van der Waals surface area (Å²) in [6.07, 6.45) is -2.46. The molecule has 0 radical (unpaired) electrons. The molecule has 15 heteroatoms. The van der Waals surface area contributed by atoms with Crippen molar-refractivity contribution in [3.8, 4) is 11.9 Å². The molecule has 0 aliphatic rings. The van der Waals surface area contributed by atoms with Crippen LogP contribution in [0.2, 0.25) is 0 Å². The molecule has 3 heterocycles. The molecule has 0 unspecified atom stereocenters. The Hall–Kier alpha value is -4.58. The second-order valence-electron chi connectivity index (χ2n) is 7.90. The van der Waals surface area contributed by atoms with Gasteiger partial charge in [-0.2, -0.15) is 23.5 Å². The predicted octanol–water partition coefficient (Wildman–Crippen LogP) is 3.48. The van der Waals surface area contributed by atoms with Gasteiger partial charge in [-0.25, -0.2) is 14.3 Å². The third kappa shape index (κ3) is 5.39. The standard InChI is InChI=1S/C23H17BrF3N9O2/c1-12-6-13(9-28)7-15(21(37)29-2)19(12)31-22(38)17-8-14(10-35-11-18(32-34-35)23(25,26)27)33-36(17)20-16(24)4-3-5-30-20/h3-8,11H,10H2,1-2H3,(H,29,37)(H,31,38). The Balaban J connectivity index is 1.76. The van der Waals surface area contributed by atoms with Gasteiger partial charge in [0, 0.05) is 13.2 Å². The Morgan fingerprint density at radius 2 is 1.97 bits per heavy atom. The maximum atomic E-state index is 13.5. The van der Waals surface area contributed by atoms with Gasteiger partial charge in [0.15, 0.2) is 11.5 Å². The zero-order chi connectivity index (χ0) is 27.6. The summed E-state index contributed by atoms with van der Waals surface area (Å²) in [6, 6.07) is 9.53. The summed E-state index contributed by atoms with van der Waals surface area (Å²) in [6.45, 7) is 1.41. The van der Waals surface area contributed by atoms with E-state index in [-0.39, 0.29) is 40.6 Å². The van der Waals surface area contributed by atoms with Crippen molar-refractivity contribution in [3.05, 3.63) is 81.0 Å². The second-order valence-corrected chi connectivity index (χ2v) is 8.76. The molecule has 3 aromatic heterocycles. The first-order chi connectivity index (χ1) is 18.0. The van der Waals surface area contributed by atoms with Crippen LogP contribution in [0.5, 0.6) is 0 Å². The molecule has 0 aliphatic carbocycles. The van der Waals surface area contributed by atoms with E-state index in [1.807, 2.05) is 6.07 Å². The number of rotatable bonds is 6. The minimum atomic E-state index is -4.66. The number of pyridine rings is 1. The number of hydrogen-bond acceptors (Lipinski definition) is 7. The van der Waals surface area contributed by atoms with Crippen molar-refractivity contribution >= 4 is 33.4 Å². The first kappa shape index (κ1) is 26.5. The van der Waals surface area contributed by atoms with Crippen molar-refractivity contribution in [1.29, 1.82) is 5.26 Å². The number of halogens is 4. The van der Waals surface area contributed by atoms with E-state index in [0.717, 1.165) is 10.9 Å². The van der Waals surface area contributed by atoms with Gasteiger partial charge < -0.3 is 10.6 Å². The molecular formula is C23H17BrF3N9O2. The molecule has 4 aromatic rings. The van der Waals surface area contributed by atoms with Gasteiger partial charge in [0.1, 0.15) is 5.69 Å². The van der Waals surface area contributed by atoms with Crippen LogP contribution in [-0.2, 0) is 12.7 Å². The van der Waals surface area contributed by atoms with Crippen molar-refractivity contribution in [2.75, 3.05) is 12.4 Å². The third-order valence-electron chi connectivity index (χ3n) is 5.26. The Kier molecular flexibility index (Phi) is 7.26. The zero-order valence-electron chi connectivity index (χ0n) is 19.7. The number of aryl methyl sites for hydroxylation is 1. The maximum Gasteiger partial charge on any atom is 0.436 e. The van der Waals surface area contributed by atoms with E-state index in [1.165, 1.54) is 36.1 Å². The van der Waals surface area contributed by atoms with Gasteiger partial charge in [-0.3, -0.25) is 9.59 Å². The van der Waals surface area contributed by atoms with E-state index in [9.17, 15) is 28.0 Å². The Labute approximate surface area is 221 Å². The second kappa shape index (κ2) is 10.4. The lowest BCUT2D eigenvalue weighted by Gasteiger charge is -2.14. The highest BCUT2D eigenvalue weighted by Gasteiger charge is 2.34. The number of alkyl halides is 3. The lowest BCUT2D eigenvalue weighted by atomic mass is 10.0. The number of nitriles is 1. The van der Waals surface area contributed by atoms with Crippen molar-refractivity contribution in [1.82, 2.24) is 35.1 Å². The molecule has 0 saturated carbocycles. The number of anilines is 1. The summed E-state index contributed by atoms with van der Waals surface area (Å²) in [5.41, 5.74) is -0.0608. The van der Waals surface area contributed by atoms with Crippen LogP contribution >= 0.6 is 15.9 Å². The van der Waals surface area contributed by atoms with Crippen LogP contribution in [0.4, 0.5) is 18.9 Å². The fourth-order valence-corrected chi connectivity index (χ4v) is 3.97. The van der Waals surface area contributed by atoms with Crippen LogP contribution in [0, 0.1) is 18.3 Å². The largest absolute Gasteiger partial charge is 0.436 e. The third-order valence-corrected chi connectivity index (χ3v) is 5.88. The molecule has 38 heavy (non-hydrogen) atoms. The molecule has 11 nitrogen and oxygen atoms in total. The van der Waals surface area contributed by atoms with Crippen LogP contribution in [-0.4, -0.2) is 48.6 Å². The molecule has 0 fully saturated rings. The van der Waals surface area contributed by atoms with Crippen LogP contribution in [0.25, 0.3) is 5.82 Å². The fraction of sp³-hybridized carbons (Fsp3) is 0.174. The van der Waals surface area contributed by atoms with Crippen molar-refractivity contribution < 1.29 is 22.8 Å². The van der Waals surface area contributed by atoms with Gasteiger partial charge in [0.2, 0.25) is 0 Å². The van der Waals surface area contributed by atoms with Gasteiger partial charge in [0.25, 0.3) is 11.8 Å². The van der Waals surface area contributed by atoms with Gasteiger partial charge in [-0.15, -0.1) is 5.10 Å². The number of hydrogen-bond donors (Lipinski definition) is 2. The molecule has 0 aliphatic heterocycles. The zero-order valence-corrected chi connectivity index (χ0v) is 21.3. The van der Waals surface area contributed by atoms with Crippen molar-refractivity contribution in [2.45, 2.75) is 19.6 Å². The van der Waals surface area contributed by atoms with Crippen molar-refractivity contribution in [2.24, 2.45) is 0 Å². The quantitative estimate of drug-likeness (QED) is 0.351. The van der Waals surface area contributed by atoms with Gasteiger partial charge >= 0.3 is 6.18 Å². The average Bonchev–Trinajstić information content (AvgIpc) is 3.52. The lowest BCUT2D eigenvalue weighted by molar-refractivity contribution is -0.141. The summed E-state index contributed by atoms with van der Waals surface area (Å²) in [4.78, 5) is 30.2. The Morgan fingerprint density at radius 3 is 2.61 bits per heavy atom. The summed E-state index contributed by atoms with van der Waals surface area (Å²) in [5, 5.41) is 25.4. The lowest BCUT2D eigenvalue weighted by Crippen LogP contribution is -2.24. The Morgan fingerprint density at radius 1 is 1.21 bits per heavy atom. The van der Waals surface area contributed by atoms with Gasteiger partial charge in [0.05, 0.1) is 45.8 Å². The highest BCUT2D eigenvalue weighted by atomic mass is 79.9. The molecule has 0 bridgehead atoms. The summed E-state index contributed by atoms with van der Waals surface area (Å²) in [7, 11) is 1.41. The van der Waals surface area contributed by atoms with Gasteiger partial charge in [-0.05, 0) is 58.7 Å². The molecule has 1 aromatic carbocycles. The monoisotopic (exact) mass is 587 g/mol. The number of benzene rings is 1. The van der Waals surface area contributed by atoms with Crippen LogP contribution < -0.4 is 10.6 Å². The number of nitrogens with one attached hydrogen (secondary N) is 2. The van der Waals surface area contributed by atoms with Crippen LogP contribution in [0.15, 0.2) is 47.2 Å². The first-order valence-electron chi connectivity index (χ1n) is 10.8. The van der Waals surface area contributed by atoms with E-state index in [4.69, 9.17) is 0 Å².